The van der Waals surface area contributed by atoms with Gasteiger partial charge < -0.3 is 9.47 Å². The number of hydrogen-bond donors (Lipinski definition) is 0. The number of carbonyl (C=O) groups is 2. The molecule has 0 saturated heterocycles. The maximum Gasteiger partial charge on any atom is 0.309 e. The van der Waals surface area contributed by atoms with Crippen LogP contribution < -0.4 is 0 Å². The Hall–Kier alpha value is -1.32. The molecule has 0 aromatic heterocycles. The maximum absolute atomic E-state index is 12.4. The molecule has 0 spiro atoms. The molecule has 0 aliphatic heterocycles. The fourth-order valence-electron chi connectivity index (χ4n) is 4.17. The van der Waals surface area contributed by atoms with Crippen molar-refractivity contribution >= 4 is 11.9 Å². The van der Waals surface area contributed by atoms with E-state index < -0.39 is 0 Å². The number of hydrogen-bond acceptors (Lipinski definition) is 4. The summed E-state index contributed by atoms with van der Waals surface area (Å²) in [5.41, 5.74) is 0. The van der Waals surface area contributed by atoms with Crippen LogP contribution in [0, 0.1) is 17.8 Å². The quantitative estimate of drug-likeness (QED) is 0.524. The van der Waals surface area contributed by atoms with Gasteiger partial charge in [-0.3, -0.25) is 9.59 Å². The van der Waals surface area contributed by atoms with Crippen molar-refractivity contribution in [3.63, 3.8) is 0 Å². The first-order chi connectivity index (χ1) is 11.2. The summed E-state index contributed by atoms with van der Waals surface area (Å²) in [6, 6.07) is 0. The van der Waals surface area contributed by atoms with Crippen LogP contribution in [0.15, 0.2) is 12.7 Å². The summed E-state index contributed by atoms with van der Waals surface area (Å²) in [7, 11) is 1.40. The molecule has 0 unspecified atom stereocenters. The maximum atomic E-state index is 12.4. The van der Waals surface area contributed by atoms with E-state index in [1.54, 1.807) is 0 Å². The van der Waals surface area contributed by atoms with E-state index >= 15 is 0 Å². The lowest BCUT2D eigenvalue weighted by Gasteiger charge is -2.28. The van der Waals surface area contributed by atoms with Crippen LogP contribution in [0.5, 0.6) is 0 Å². The number of rotatable bonds is 7. The average Bonchev–Trinajstić information content (AvgIpc) is 3.00. The molecule has 130 valence electrons. The van der Waals surface area contributed by atoms with E-state index in [4.69, 9.17) is 9.47 Å². The number of methoxy groups -OCH3 is 1. The molecule has 4 nitrogen and oxygen atoms in total. The molecule has 0 bridgehead atoms. The van der Waals surface area contributed by atoms with Crippen LogP contribution in [-0.4, -0.2) is 25.2 Å². The second kappa shape index (κ2) is 9.09. The van der Waals surface area contributed by atoms with Gasteiger partial charge in [0.2, 0.25) is 0 Å². The summed E-state index contributed by atoms with van der Waals surface area (Å²) in [5.74, 6) is -0.194. The molecule has 23 heavy (non-hydrogen) atoms. The standard InChI is InChI=1S/C19H30O4/c1-3-8-15-11-7-12-17(15)23-18(20)13-16(19(21)22-2)14-9-5-4-6-10-14/h3,14-17H,1,4-13H2,2H3/t15-,16+,17-/m1/s1. The Labute approximate surface area is 139 Å². The third-order valence-electron chi connectivity index (χ3n) is 5.45. The van der Waals surface area contributed by atoms with Crippen LogP contribution in [0.2, 0.25) is 0 Å². The summed E-state index contributed by atoms with van der Waals surface area (Å²) in [6.07, 6.45) is 11.6. The van der Waals surface area contributed by atoms with Crippen LogP contribution in [0.25, 0.3) is 0 Å². The van der Waals surface area contributed by atoms with Crippen molar-refractivity contribution in [3.05, 3.63) is 12.7 Å². The monoisotopic (exact) mass is 322 g/mol. The van der Waals surface area contributed by atoms with Crippen molar-refractivity contribution in [2.75, 3.05) is 7.11 Å². The van der Waals surface area contributed by atoms with Gasteiger partial charge in [0.15, 0.2) is 0 Å². The first kappa shape index (κ1) is 18.0. The molecule has 0 aromatic rings. The lowest BCUT2D eigenvalue weighted by Crippen LogP contribution is -2.31. The molecule has 0 radical (unpaired) electrons. The summed E-state index contributed by atoms with van der Waals surface area (Å²) < 4.78 is 10.6. The molecule has 3 atom stereocenters. The second-order valence-electron chi connectivity index (χ2n) is 6.98. The van der Waals surface area contributed by atoms with Crippen molar-refractivity contribution < 1.29 is 19.1 Å². The van der Waals surface area contributed by atoms with Gasteiger partial charge >= 0.3 is 11.9 Å². The number of allylic oxidation sites excluding steroid dienone is 1. The summed E-state index contributed by atoms with van der Waals surface area (Å²) in [6.45, 7) is 3.78. The minimum atomic E-state index is -0.341. The Balaban J connectivity index is 1.91. The molecule has 2 fully saturated rings. The molecule has 0 aromatic carbocycles. The highest BCUT2D eigenvalue weighted by Crippen LogP contribution is 2.34. The van der Waals surface area contributed by atoms with Crippen molar-refractivity contribution in [2.24, 2.45) is 17.8 Å². The lowest BCUT2D eigenvalue weighted by atomic mass is 9.78. The van der Waals surface area contributed by atoms with Crippen LogP contribution in [0.3, 0.4) is 0 Å². The van der Waals surface area contributed by atoms with E-state index in [1.165, 1.54) is 13.5 Å². The van der Waals surface area contributed by atoms with E-state index in [1.807, 2.05) is 6.08 Å². The van der Waals surface area contributed by atoms with Gasteiger partial charge in [0.1, 0.15) is 6.10 Å². The highest BCUT2D eigenvalue weighted by atomic mass is 16.5. The third kappa shape index (κ3) is 5.08. The minimum absolute atomic E-state index is 0.00912. The average molecular weight is 322 g/mol. The first-order valence-electron chi connectivity index (χ1n) is 9.04. The molecule has 2 aliphatic carbocycles. The van der Waals surface area contributed by atoms with Crippen molar-refractivity contribution in [3.8, 4) is 0 Å². The molecule has 2 saturated carbocycles. The van der Waals surface area contributed by atoms with E-state index in [9.17, 15) is 9.59 Å². The van der Waals surface area contributed by atoms with Gasteiger partial charge in [-0.15, -0.1) is 6.58 Å². The largest absolute Gasteiger partial charge is 0.469 e. The van der Waals surface area contributed by atoms with E-state index in [2.05, 4.69) is 6.58 Å². The van der Waals surface area contributed by atoms with Gasteiger partial charge in [0, 0.05) is 0 Å². The lowest BCUT2D eigenvalue weighted by molar-refractivity contribution is -0.159. The highest BCUT2D eigenvalue weighted by molar-refractivity contribution is 5.80. The van der Waals surface area contributed by atoms with E-state index in [-0.39, 0.29) is 36.3 Å². The van der Waals surface area contributed by atoms with E-state index in [0.29, 0.717) is 5.92 Å². The molecular weight excluding hydrogens is 292 g/mol. The fraction of sp³-hybridized carbons (Fsp3) is 0.789. The molecule has 0 N–H and O–H groups in total. The number of esters is 2. The third-order valence-corrected chi connectivity index (χ3v) is 5.45. The molecule has 2 aliphatic rings. The molecular formula is C19H30O4. The zero-order valence-corrected chi connectivity index (χ0v) is 14.3. The van der Waals surface area contributed by atoms with E-state index in [0.717, 1.165) is 51.4 Å². The van der Waals surface area contributed by atoms with Crippen molar-refractivity contribution in [2.45, 2.75) is 70.3 Å². The Morgan fingerprint density at radius 2 is 1.87 bits per heavy atom. The van der Waals surface area contributed by atoms with Crippen LogP contribution >= 0.6 is 0 Å². The minimum Gasteiger partial charge on any atom is -0.469 e. The Kier molecular flexibility index (Phi) is 7.13. The predicted octanol–water partition coefficient (Wildman–Crippen LogP) is 4.03. The zero-order chi connectivity index (χ0) is 16.7. The highest BCUT2D eigenvalue weighted by Gasteiger charge is 2.35. The SMILES string of the molecule is C=CC[C@@H]1CCC[C@H]1OC(=O)C[C@H](C(=O)OC)C1CCCCC1. The zero-order valence-electron chi connectivity index (χ0n) is 14.3. The van der Waals surface area contributed by atoms with Gasteiger partial charge in [-0.2, -0.15) is 0 Å². The molecule has 4 heteroatoms. The summed E-state index contributed by atoms with van der Waals surface area (Å²) >= 11 is 0. The van der Waals surface area contributed by atoms with Crippen molar-refractivity contribution in [1.29, 1.82) is 0 Å². The van der Waals surface area contributed by atoms with Gasteiger partial charge in [0.25, 0.3) is 0 Å². The normalized spacial score (nSPS) is 26.5. The predicted molar refractivity (Wildman–Crippen MR) is 88.7 cm³/mol. The van der Waals surface area contributed by atoms with Crippen molar-refractivity contribution in [1.82, 2.24) is 0 Å². The smallest absolute Gasteiger partial charge is 0.309 e. The Morgan fingerprint density at radius 3 is 2.52 bits per heavy atom. The first-order valence-corrected chi connectivity index (χ1v) is 9.04. The Morgan fingerprint density at radius 1 is 1.13 bits per heavy atom. The van der Waals surface area contributed by atoms with Gasteiger partial charge in [0.05, 0.1) is 19.4 Å². The Bertz CT molecular complexity index is 412. The van der Waals surface area contributed by atoms with Gasteiger partial charge in [-0.05, 0) is 50.4 Å². The van der Waals surface area contributed by atoms with Gasteiger partial charge in [-0.25, -0.2) is 0 Å². The van der Waals surface area contributed by atoms with Crippen LogP contribution in [0.1, 0.15) is 64.2 Å². The fourth-order valence-corrected chi connectivity index (χ4v) is 4.17. The second-order valence-corrected chi connectivity index (χ2v) is 6.98. The van der Waals surface area contributed by atoms with Gasteiger partial charge in [-0.1, -0.05) is 25.3 Å². The van der Waals surface area contributed by atoms with Crippen LogP contribution in [0.4, 0.5) is 0 Å². The summed E-state index contributed by atoms with van der Waals surface area (Å²) in [4.78, 5) is 24.5. The molecule has 0 heterocycles. The molecule has 2 rings (SSSR count). The molecule has 0 amide bonds. The summed E-state index contributed by atoms with van der Waals surface area (Å²) in [5, 5.41) is 0. The topological polar surface area (TPSA) is 52.6 Å². The van der Waals surface area contributed by atoms with Crippen LogP contribution in [-0.2, 0) is 19.1 Å². The number of ether oxygens (including phenoxy) is 2. The number of carbonyl (C=O) groups excluding carboxylic acids is 2.